The number of carbonyl (C=O) groups is 1. The third-order valence-electron chi connectivity index (χ3n) is 6.52. The number of nitrogens with zero attached hydrogens (tertiary/aromatic N) is 3. The summed E-state index contributed by atoms with van der Waals surface area (Å²) in [6.07, 6.45) is 11.7. The van der Waals surface area contributed by atoms with Crippen LogP contribution in [0.4, 0.5) is 0 Å². The predicted octanol–water partition coefficient (Wildman–Crippen LogP) is 5.13. The number of aromatic nitrogens is 2. The molecule has 1 amide bonds. The molecule has 6 heteroatoms. The summed E-state index contributed by atoms with van der Waals surface area (Å²) in [6, 6.07) is 9.25. The molecule has 0 N–H and O–H groups in total. The SMILES string of the molecule is Cc1ncc(CC(=O)N2CCC(Oc3cccc4c3ccn4C3CCCC3)CC2)s1. The lowest BCUT2D eigenvalue weighted by Gasteiger charge is -2.32. The molecule has 1 aliphatic heterocycles. The number of hydrogen-bond acceptors (Lipinski definition) is 4. The van der Waals surface area contributed by atoms with Gasteiger partial charge < -0.3 is 14.2 Å². The van der Waals surface area contributed by atoms with Crippen LogP contribution in [0.15, 0.2) is 36.7 Å². The number of likely N-dealkylation sites (tertiary alicyclic amines) is 1. The lowest BCUT2D eigenvalue weighted by molar-refractivity contribution is -0.132. The predicted molar refractivity (Wildman–Crippen MR) is 120 cm³/mol. The number of carbonyl (C=O) groups excluding carboxylic acids is 1. The van der Waals surface area contributed by atoms with Gasteiger partial charge in [-0.05, 0) is 38.0 Å². The van der Waals surface area contributed by atoms with Crippen molar-refractivity contribution in [3.8, 4) is 5.75 Å². The highest BCUT2D eigenvalue weighted by atomic mass is 32.1. The van der Waals surface area contributed by atoms with Crippen molar-refractivity contribution in [2.45, 2.75) is 64.0 Å². The van der Waals surface area contributed by atoms with Crippen LogP contribution in [0.1, 0.15) is 54.5 Å². The summed E-state index contributed by atoms with van der Waals surface area (Å²) in [4.78, 5) is 19.9. The Morgan fingerprint density at radius 2 is 1.97 bits per heavy atom. The van der Waals surface area contributed by atoms with Gasteiger partial charge in [0, 0.05) is 54.6 Å². The van der Waals surface area contributed by atoms with Crippen LogP contribution >= 0.6 is 11.3 Å². The van der Waals surface area contributed by atoms with Gasteiger partial charge in [0.15, 0.2) is 0 Å². The molecule has 1 aliphatic carbocycles. The monoisotopic (exact) mass is 423 g/mol. The van der Waals surface area contributed by atoms with Crippen molar-refractivity contribution in [2.75, 3.05) is 13.1 Å². The van der Waals surface area contributed by atoms with Gasteiger partial charge in [0.25, 0.3) is 0 Å². The Kier molecular flexibility index (Phi) is 5.50. The van der Waals surface area contributed by atoms with Gasteiger partial charge in [-0.3, -0.25) is 4.79 Å². The van der Waals surface area contributed by atoms with E-state index in [1.165, 1.54) is 36.6 Å². The molecule has 1 saturated carbocycles. The Balaban J connectivity index is 1.21. The minimum atomic E-state index is 0.167. The van der Waals surface area contributed by atoms with Crippen molar-refractivity contribution in [3.63, 3.8) is 0 Å². The van der Waals surface area contributed by atoms with E-state index in [-0.39, 0.29) is 12.0 Å². The number of ether oxygens (including phenoxy) is 1. The standard InChI is InChI=1S/C24H29N3O2S/c1-17-25-16-20(30-17)15-24(28)26-12-9-19(10-13-26)29-23-8-4-7-22-21(23)11-14-27(22)18-5-2-3-6-18/h4,7-8,11,14,16,18-19H,2-3,5-6,9-10,12-13,15H2,1H3. The molecule has 5 nitrogen and oxygen atoms in total. The number of piperidine rings is 1. The normalized spacial score (nSPS) is 18.4. The summed E-state index contributed by atoms with van der Waals surface area (Å²) in [5.74, 6) is 1.18. The molecule has 2 fully saturated rings. The highest BCUT2D eigenvalue weighted by Crippen LogP contribution is 2.36. The van der Waals surface area contributed by atoms with Gasteiger partial charge >= 0.3 is 0 Å². The van der Waals surface area contributed by atoms with E-state index in [0.29, 0.717) is 12.5 Å². The topological polar surface area (TPSA) is 47.4 Å². The van der Waals surface area contributed by atoms with Crippen LogP contribution in [-0.2, 0) is 11.2 Å². The third-order valence-corrected chi connectivity index (χ3v) is 7.44. The molecule has 5 rings (SSSR count). The average Bonchev–Trinajstić information content (AvgIpc) is 3.49. The zero-order chi connectivity index (χ0) is 20.5. The highest BCUT2D eigenvalue weighted by molar-refractivity contribution is 7.11. The van der Waals surface area contributed by atoms with Gasteiger partial charge in [-0.1, -0.05) is 18.9 Å². The number of benzene rings is 1. The third kappa shape index (κ3) is 3.97. The van der Waals surface area contributed by atoms with Gasteiger partial charge in [-0.2, -0.15) is 0 Å². The molecule has 158 valence electrons. The van der Waals surface area contributed by atoms with Crippen LogP contribution in [-0.4, -0.2) is 39.6 Å². The molecule has 1 aromatic carbocycles. The highest BCUT2D eigenvalue weighted by Gasteiger charge is 2.25. The van der Waals surface area contributed by atoms with E-state index in [1.54, 1.807) is 11.3 Å². The lowest BCUT2D eigenvalue weighted by atomic mass is 10.1. The number of aryl methyl sites for hydroxylation is 1. The molecule has 0 spiro atoms. The summed E-state index contributed by atoms with van der Waals surface area (Å²) >= 11 is 1.61. The summed E-state index contributed by atoms with van der Waals surface area (Å²) in [7, 11) is 0. The van der Waals surface area contributed by atoms with E-state index < -0.39 is 0 Å². The molecule has 3 heterocycles. The van der Waals surface area contributed by atoms with Crippen LogP contribution in [0.2, 0.25) is 0 Å². The van der Waals surface area contributed by atoms with Gasteiger partial charge in [-0.25, -0.2) is 4.98 Å². The molecule has 3 aromatic rings. The molecular weight excluding hydrogens is 394 g/mol. The van der Waals surface area contributed by atoms with Gasteiger partial charge in [0.2, 0.25) is 5.91 Å². The first kappa shape index (κ1) is 19.6. The fourth-order valence-corrected chi connectivity index (χ4v) is 5.70. The van der Waals surface area contributed by atoms with Crippen LogP contribution in [0.5, 0.6) is 5.75 Å². The van der Waals surface area contributed by atoms with E-state index in [4.69, 9.17) is 4.74 Å². The number of rotatable bonds is 5. The smallest absolute Gasteiger partial charge is 0.227 e. The fraction of sp³-hybridized carbons (Fsp3) is 0.500. The second kappa shape index (κ2) is 8.42. The van der Waals surface area contributed by atoms with Gasteiger partial charge in [0.1, 0.15) is 11.9 Å². The van der Waals surface area contributed by atoms with Crippen LogP contribution in [0, 0.1) is 6.92 Å². The van der Waals surface area contributed by atoms with Crippen molar-refractivity contribution in [1.82, 2.24) is 14.5 Å². The zero-order valence-corrected chi connectivity index (χ0v) is 18.4. The minimum absolute atomic E-state index is 0.167. The first-order chi connectivity index (χ1) is 14.7. The summed E-state index contributed by atoms with van der Waals surface area (Å²) in [5.41, 5.74) is 1.28. The van der Waals surface area contributed by atoms with Crippen molar-refractivity contribution in [3.05, 3.63) is 46.5 Å². The maximum Gasteiger partial charge on any atom is 0.227 e. The van der Waals surface area contributed by atoms with Crippen LogP contribution < -0.4 is 4.74 Å². The average molecular weight is 424 g/mol. The summed E-state index contributed by atoms with van der Waals surface area (Å²) in [6.45, 7) is 3.50. The maximum atomic E-state index is 12.6. The van der Waals surface area contributed by atoms with E-state index in [0.717, 1.165) is 41.6 Å². The molecule has 2 aliphatic rings. The second-order valence-corrected chi connectivity index (χ2v) is 9.89. The first-order valence-corrected chi connectivity index (χ1v) is 11.9. The molecule has 30 heavy (non-hydrogen) atoms. The molecule has 2 aromatic heterocycles. The van der Waals surface area contributed by atoms with E-state index in [9.17, 15) is 4.79 Å². The fourth-order valence-electron chi connectivity index (χ4n) is 4.91. The van der Waals surface area contributed by atoms with E-state index in [2.05, 4.69) is 40.0 Å². The van der Waals surface area contributed by atoms with Crippen molar-refractivity contribution in [1.29, 1.82) is 0 Å². The lowest BCUT2D eigenvalue weighted by Crippen LogP contribution is -2.42. The van der Waals surface area contributed by atoms with E-state index in [1.807, 2.05) is 18.0 Å². The molecule has 0 atom stereocenters. The quantitative estimate of drug-likeness (QED) is 0.571. The zero-order valence-electron chi connectivity index (χ0n) is 17.5. The maximum absolute atomic E-state index is 12.6. The van der Waals surface area contributed by atoms with Gasteiger partial charge in [0.05, 0.1) is 16.9 Å². The van der Waals surface area contributed by atoms with E-state index >= 15 is 0 Å². The number of hydrogen-bond donors (Lipinski definition) is 0. The minimum Gasteiger partial charge on any atom is -0.490 e. The van der Waals surface area contributed by atoms with Crippen molar-refractivity contribution in [2.24, 2.45) is 0 Å². The number of amides is 1. The largest absolute Gasteiger partial charge is 0.490 e. The molecule has 0 radical (unpaired) electrons. The second-order valence-electron chi connectivity index (χ2n) is 8.57. The Hall–Kier alpha value is -2.34. The Morgan fingerprint density at radius 1 is 1.17 bits per heavy atom. The molecule has 0 bridgehead atoms. The Morgan fingerprint density at radius 3 is 2.70 bits per heavy atom. The Bertz CT molecular complexity index is 1030. The number of fused-ring (bicyclic) bond motifs is 1. The summed E-state index contributed by atoms with van der Waals surface area (Å²) < 4.78 is 8.88. The summed E-state index contributed by atoms with van der Waals surface area (Å²) in [5, 5.41) is 2.23. The van der Waals surface area contributed by atoms with Gasteiger partial charge in [-0.15, -0.1) is 11.3 Å². The molecular formula is C24H29N3O2S. The molecule has 1 saturated heterocycles. The Labute approximate surface area is 181 Å². The van der Waals surface area contributed by atoms with Crippen molar-refractivity contribution >= 4 is 28.1 Å². The van der Waals surface area contributed by atoms with Crippen LogP contribution in [0.3, 0.4) is 0 Å². The molecule has 0 unspecified atom stereocenters. The van der Waals surface area contributed by atoms with Crippen molar-refractivity contribution < 1.29 is 9.53 Å². The van der Waals surface area contributed by atoms with Crippen LogP contribution in [0.25, 0.3) is 10.9 Å². The first-order valence-electron chi connectivity index (χ1n) is 11.1. The number of thiazole rings is 1.